The molecule has 12 rings (SSSR count). The van der Waals surface area contributed by atoms with Gasteiger partial charge in [-0.2, -0.15) is 0 Å². The molecule has 3 saturated carbocycles. The lowest BCUT2D eigenvalue weighted by molar-refractivity contribution is -0.144. The van der Waals surface area contributed by atoms with E-state index < -0.39 is 0 Å². The highest BCUT2D eigenvalue weighted by Gasteiger charge is 2.70. The van der Waals surface area contributed by atoms with E-state index in [1.54, 1.807) is 11.1 Å². The van der Waals surface area contributed by atoms with Crippen LogP contribution >= 0.6 is 0 Å². The highest BCUT2D eigenvalue weighted by Crippen LogP contribution is 2.80. The van der Waals surface area contributed by atoms with Gasteiger partial charge in [-0.05, 0) is 124 Å². The van der Waals surface area contributed by atoms with Crippen LogP contribution in [-0.4, -0.2) is 19.9 Å². The first kappa shape index (κ1) is 31.1. The van der Waals surface area contributed by atoms with E-state index in [-0.39, 0.29) is 0 Å². The van der Waals surface area contributed by atoms with Gasteiger partial charge in [-0.25, -0.2) is 15.0 Å². The van der Waals surface area contributed by atoms with Crippen LogP contribution in [0.4, 0.5) is 0 Å². The number of pyridine rings is 1. The van der Waals surface area contributed by atoms with Crippen molar-refractivity contribution in [3.8, 4) is 67.5 Å². The molecule has 55 heavy (non-hydrogen) atoms. The summed E-state index contributed by atoms with van der Waals surface area (Å²) in [7, 11) is 0. The lowest BCUT2D eigenvalue weighted by atomic mass is 9.37. The van der Waals surface area contributed by atoms with Crippen LogP contribution in [0.15, 0.2) is 158 Å². The Kier molecular flexibility index (Phi) is 6.72. The lowest BCUT2D eigenvalue weighted by Gasteiger charge is -2.67. The first-order valence-corrected chi connectivity index (χ1v) is 19.8. The Hall–Kier alpha value is -6.26. The normalized spacial score (nSPS) is 22.7. The largest absolute Gasteiger partial charge is 0.256 e. The molecule has 2 bridgehead atoms. The van der Waals surface area contributed by atoms with E-state index in [4.69, 9.17) is 15.0 Å². The Morgan fingerprint density at radius 3 is 1.93 bits per heavy atom. The Balaban J connectivity index is 1.05. The van der Waals surface area contributed by atoms with Crippen LogP contribution in [0.3, 0.4) is 0 Å². The number of fused-ring (bicyclic) bond motifs is 7. The molecule has 0 amide bonds. The summed E-state index contributed by atoms with van der Waals surface area (Å²) in [6, 6.07) is 54.7. The van der Waals surface area contributed by atoms with Gasteiger partial charge in [0.15, 0.2) is 17.5 Å². The second-order valence-corrected chi connectivity index (χ2v) is 16.3. The summed E-state index contributed by atoms with van der Waals surface area (Å²) in [5.74, 6) is 5.07. The topological polar surface area (TPSA) is 51.6 Å². The Morgan fingerprint density at radius 2 is 1.11 bits per heavy atom. The highest BCUT2D eigenvalue weighted by molar-refractivity contribution is 5.90. The number of hydrogen-bond donors (Lipinski definition) is 0. The number of aromatic nitrogens is 4. The van der Waals surface area contributed by atoms with Gasteiger partial charge in [-0.1, -0.05) is 127 Å². The molecule has 5 unspecified atom stereocenters. The molecule has 4 aliphatic carbocycles. The van der Waals surface area contributed by atoms with E-state index in [0.717, 1.165) is 39.4 Å². The van der Waals surface area contributed by atoms with E-state index >= 15 is 0 Å². The monoisotopic (exact) mass is 706 g/mol. The predicted molar refractivity (Wildman–Crippen MR) is 221 cm³/mol. The zero-order valence-electron chi connectivity index (χ0n) is 30.4. The van der Waals surface area contributed by atoms with Crippen molar-refractivity contribution in [1.29, 1.82) is 0 Å². The highest BCUT2D eigenvalue weighted by atomic mass is 15.0. The lowest BCUT2D eigenvalue weighted by Crippen LogP contribution is -2.58. The summed E-state index contributed by atoms with van der Waals surface area (Å²) in [4.78, 5) is 20.0. The predicted octanol–water partition coefficient (Wildman–Crippen LogP) is 12.4. The van der Waals surface area contributed by atoms with Crippen LogP contribution in [0, 0.1) is 17.3 Å². The average molecular weight is 707 g/mol. The van der Waals surface area contributed by atoms with Gasteiger partial charge in [-0.3, -0.25) is 4.98 Å². The minimum atomic E-state index is 0.525. The molecular formula is C51H38N4. The molecule has 1 spiro atoms. The third-order valence-electron chi connectivity index (χ3n) is 13.8. The minimum absolute atomic E-state index is 0.525. The van der Waals surface area contributed by atoms with Gasteiger partial charge < -0.3 is 0 Å². The number of rotatable bonds is 5. The average Bonchev–Trinajstić information content (AvgIpc) is 3.62. The van der Waals surface area contributed by atoms with Gasteiger partial charge in [0.2, 0.25) is 0 Å². The van der Waals surface area contributed by atoms with E-state index in [1.165, 1.54) is 59.1 Å². The van der Waals surface area contributed by atoms with Crippen LogP contribution in [0.25, 0.3) is 78.4 Å². The van der Waals surface area contributed by atoms with Crippen molar-refractivity contribution in [3.63, 3.8) is 0 Å². The summed E-state index contributed by atoms with van der Waals surface area (Å²) < 4.78 is 0. The Morgan fingerprint density at radius 1 is 0.436 bits per heavy atom. The molecule has 2 heterocycles. The molecule has 2 aromatic heterocycles. The van der Waals surface area contributed by atoms with Gasteiger partial charge >= 0.3 is 0 Å². The summed E-state index contributed by atoms with van der Waals surface area (Å²) >= 11 is 0. The fourth-order valence-electron chi connectivity index (χ4n) is 11.2. The van der Waals surface area contributed by atoms with Crippen molar-refractivity contribution in [1.82, 2.24) is 19.9 Å². The third-order valence-corrected chi connectivity index (χ3v) is 13.8. The zero-order chi connectivity index (χ0) is 36.1. The Bertz CT molecular complexity index is 2810. The second-order valence-electron chi connectivity index (χ2n) is 16.3. The SMILES string of the molecule is c1ccc(-c2nc(-c3ccc(-c4ccccc4)c(-c4ccc5c(c4)-c4ccccc4C4CC6CC7CC5C67C4)c3)nc(-c3ccc4cccnc4c3)n2)cc1. The van der Waals surface area contributed by atoms with Crippen LogP contribution in [-0.2, 0) is 0 Å². The fourth-order valence-corrected chi connectivity index (χ4v) is 11.2. The number of benzene rings is 6. The summed E-state index contributed by atoms with van der Waals surface area (Å²) in [5, 5.41) is 1.08. The molecule has 5 atom stereocenters. The minimum Gasteiger partial charge on any atom is -0.256 e. The summed E-state index contributed by atoms with van der Waals surface area (Å²) in [6.07, 6.45) is 7.36. The summed E-state index contributed by atoms with van der Waals surface area (Å²) in [6.45, 7) is 0. The van der Waals surface area contributed by atoms with E-state index in [9.17, 15) is 0 Å². The van der Waals surface area contributed by atoms with Gasteiger partial charge in [0, 0.05) is 28.3 Å². The van der Waals surface area contributed by atoms with Crippen molar-refractivity contribution < 1.29 is 0 Å². The molecule has 0 N–H and O–H groups in total. The molecule has 4 aliphatic rings. The molecule has 0 saturated heterocycles. The molecule has 3 fully saturated rings. The van der Waals surface area contributed by atoms with Crippen molar-refractivity contribution in [2.45, 2.75) is 37.5 Å². The van der Waals surface area contributed by atoms with Crippen molar-refractivity contribution in [2.24, 2.45) is 17.3 Å². The number of nitrogens with zero attached hydrogens (tertiary/aromatic N) is 4. The molecule has 0 radical (unpaired) electrons. The van der Waals surface area contributed by atoms with Gasteiger partial charge in [-0.15, -0.1) is 0 Å². The van der Waals surface area contributed by atoms with Crippen molar-refractivity contribution in [3.05, 3.63) is 169 Å². The maximum absolute atomic E-state index is 5.18. The van der Waals surface area contributed by atoms with E-state index in [2.05, 4.69) is 132 Å². The first-order valence-electron chi connectivity index (χ1n) is 19.8. The quantitative estimate of drug-likeness (QED) is 0.179. The maximum Gasteiger partial charge on any atom is 0.164 e. The maximum atomic E-state index is 5.18. The zero-order valence-corrected chi connectivity index (χ0v) is 30.4. The molecule has 4 heteroatoms. The van der Waals surface area contributed by atoms with E-state index in [1.807, 2.05) is 30.5 Å². The summed E-state index contributed by atoms with van der Waals surface area (Å²) in [5.41, 5.74) is 15.0. The second kappa shape index (κ2) is 11.9. The van der Waals surface area contributed by atoms with Crippen LogP contribution in [0.5, 0.6) is 0 Å². The van der Waals surface area contributed by atoms with Crippen molar-refractivity contribution >= 4 is 10.9 Å². The van der Waals surface area contributed by atoms with Crippen molar-refractivity contribution in [2.75, 3.05) is 0 Å². The molecule has 6 aromatic carbocycles. The fraction of sp³-hybridized carbons (Fsp3) is 0.176. The van der Waals surface area contributed by atoms with Crippen LogP contribution < -0.4 is 0 Å². The molecule has 262 valence electrons. The van der Waals surface area contributed by atoms with Gasteiger partial charge in [0.25, 0.3) is 0 Å². The van der Waals surface area contributed by atoms with Crippen LogP contribution in [0.1, 0.15) is 48.6 Å². The number of hydrogen-bond acceptors (Lipinski definition) is 4. The molecule has 4 nitrogen and oxygen atoms in total. The standard InChI is InChI=1S/C51H38N4/c1-3-10-31(11-4-1)41-21-20-35(49-53-48(33-12-5-2-6-13-33)54-50(55-49)36-18-17-32-14-9-23-52-47(32)27-36)26-44(41)34-19-22-43-45(25-34)42-16-8-7-15-40(42)37-24-38-28-39-29-46(43)51(38,39)30-37/h1-23,25-27,37-39,46H,24,28-30H2. The van der Waals surface area contributed by atoms with Crippen LogP contribution in [0.2, 0.25) is 0 Å². The first-order chi connectivity index (χ1) is 27.2. The smallest absolute Gasteiger partial charge is 0.164 e. The van der Waals surface area contributed by atoms with E-state index in [0.29, 0.717) is 34.7 Å². The van der Waals surface area contributed by atoms with Gasteiger partial charge in [0.1, 0.15) is 0 Å². The molecule has 0 aliphatic heterocycles. The molecule has 8 aromatic rings. The Labute approximate surface area is 321 Å². The molecular weight excluding hydrogens is 669 g/mol. The van der Waals surface area contributed by atoms with Gasteiger partial charge in [0.05, 0.1) is 5.52 Å². The third kappa shape index (κ3) is 4.70.